The van der Waals surface area contributed by atoms with Crippen LogP contribution >= 0.6 is 0 Å². The SMILES string of the molecule is CC(C)(C)C1CCC(Nc2nc(OCCOCc3ccccc3)c(C(N)=O)cc2F)CC1. The lowest BCUT2D eigenvalue weighted by Gasteiger charge is -2.37. The van der Waals surface area contributed by atoms with Crippen LogP contribution in [0.2, 0.25) is 0 Å². The maximum Gasteiger partial charge on any atom is 0.254 e. The van der Waals surface area contributed by atoms with Crippen LogP contribution in [0.5, 0.6) is 5.88 Å². The van der Waals surface area contributed by atoms with Gasteiger partial charge in [-0.3, -0.25) is 4.79 Å². The van der Waals surface area contributed by atoms with Crippen LogP contribution in [0.15, 0.2) is 36.4 Å². The quantitative estimate of drug-likeness (QED) is 0.537. The number of carbonyl (C=O) groups is 1. The van der Waals surface area contributed by atoms with Gasteiger partial charge in [0.2, 0.25) is 5.88 Å². The van der Waals surface area contributed by atoms with Crippen molar-refractivity contribution < 1.29 is 18.7 Å². The minimum Gasteiger partial charge on any atom is -0.475 e. The number of hydrogen-bond donors (Lipinski definition) is 2. The lowest BCUT2D eigenvalue weighted by Crippen LogP contribution is -2.32. The van der Waals surface area contributed by atoms with Crippen molar-refractivity contribution >= 4 is 11.7 Å². The molecular weight excluding hydrogens is 409 g/mol. The summed E-state index contributed by atoms with van der Waals surface area (Å²) in [7, 11) is 0. The Morgan fingerprint density at radius 3 is 2.47 bits per heavy atom. The van der Waals surface area contributed by atoms with Crippen LogP contribution < -0.4 is 15.8 Å². The molecule has 1 heterocycles. The number of amides is 1. The van der Waals surface area contributed by atoms with Crippen molar-refractivity contribution in [2.75, 3.05) is 18.5 Å². The van der Waals surface area contributed by atoms with Crippen molar-refractivity contribution in [3.05, 3.63) is 53.3 Å². The van der Waals surface area contributed by atoms with Gasteiger partial charge in [0.15, 0.2) is 11.6 Å². The third-order valence-electron chi connectivity index (χ3n) is 6.08. The molecule has 2 aromatic rings. The van der Waals surface area contributed by atoms with Gasteiger partial charge in [-0.25, -0.2) is 4.39 Å². The molecule has 0 spiro atoms. The highest BCUT2D eigenvalue weighted by atomic mass is 19.1. The Bertz CT molecular complexity index is 891. The van der Waals surface area contributed by atoms with Gasteiger partial charge in [-0.1, -0.05) is 51.1 Å². The molecule has 1 saturated carbocycles. The normalized spacial score (nSPS) is 18.9. The summed E-state index contributed by atoms with van der Waals surface area (Å²) in [5.74, 6) is -0.619. The van der Waals surface area contributed by atoms with Gasteiger partial charge in [0.1, 0.15) is 12.2 Å². The second-order valence-corrected chi connectivity index (χ2v) is 9.48. The molecule has 1 aromatic heterocycles. The van der Waals surface area contributed by atoms with E-state index in [9.17, 15) is 9.18 Å². The zero-order chi connectivity index (χ0) is 23.1. The molecule has 7 heteroatoms. The number of nitrogens with one attached hydrogen (secondary N) is 1. The number of halogens is 1. The fourth-order valence-electron chi connectivity index (χ4n) is 4.12. The summed E-state index contributed by atoms with van der Waals surface area (Å²) < 4.78 is 25.9. The van der Waals surface area contributed by atoms with E-state index < -0.39 is 11.7 Å². The average Bonchev–Trinajstić information content (AvgIpc) is 2.75. The largest absolute Gasteiger partial charge is 0.475 e. The van der Waals surface area contributed by atoms with Crippen molar-refractivity contribution in [3.63, 3.8) is 0 Å². The number of ether oxygens (including phenoxy) is 2. The monoisotopic (exact) mass is 443 g/mol. The van der Waals surface area contributed by atoms with Crippen molar-refractivity contribution in [3.8, 4) is 5.88 Å². The molecule has 0 saturated heterocycles. The zero-order valence-electron chi connectivity index (χ0n) is 19.2. The predicted molar refractivity (Wildman–Crippen MR) is 123 cm³/mol. The van der Waals surface area contributed by atoms with Crippen LogP contribution in [0.1, 0.15) is 62.4 Å². The summed E-state index contributed by atoms with van der Waals surface area (Å²) in [6.07, 6.45) is 4.07. The summed E-state index contributed by atoms with van der Waals surface area (Å²) in [5.41, 5.74) is 6.66. The molecule has 32 heavy (non-hydrogen) atoms. The number of benzene rings is 1. The number of carbonyl (C=O) groups excluding carboxylic acids is 1. The van der Waals surface area contributed by atoms with Crippen LogP contribution in [-0.4, -0.2) is 30.1 Å². The number of anilines is 1. The van der Waals surface area contributed by atoms with Crippen LogP contribution in [0, 0.1) is 17.2 Å². The highest BCUT2D eigenvalue weighted by molar-refractivity contribution is 5.95. The summed E-state index contributed by atoms with van der Waals surface area (Å²) in [6.45, 7) is 7.72. The number of rotatable bonds is 9. The number of primary amides is 1. The van der Waals surface area contributed by atoms with Crippen molar-refractivity contribution in [1.29, 1.82) is 0 Å². The van der Waals surface area contributed by atoms with Crippen molar-refractivity contribution in [2.45, 2.75) is 59.1 Å². The fraction of sp³-hybridized carbons (Fsp3) is 0.520. The third-order valence-corrected chi connectivity index (χ3v) is 6.08. The van der Waals surface area contributed by atoms with Gasteiger partial charge in [-0.15, -0.1) is 0 Å². The Morgan fingerprint density at radius 1 is 1.16 bits per heavy atom. The number of hydrogen-bond acceptors (Lipinski definition) is 5. The van der Waals surface area contributed by atoms with E-state index in [0.717, 1.165) is 37.3 Å². The molecule has 0 atom stereocenters. The second kappa shape index (κ2) is 10.8. The average molecular weight is 444 g/mol. The smallest absolute Gasteiger partial charge is 0.254 e. The topological polar surface area (TPSA) is 86.5 Å². The van der Waals surface area contributed by atoms with E-state index in [0.29, 0.717) is 19.1 Å². The molecule has 1 fully saturated rings. The van der Waals surface area contributed by atoms with Crippen LogP contribution in [0.25, 0.3) is 0 Å². The molecule has 3 rings (SSSR count). The summed E-state index contributed by atoms with van der Waals surface area (Å²) in [6, 6.07) is 11.0. The minimum atomic E-state index is -0.783. The molecule has 1 amide bonds. The van der Waals surface area contributed by atoms with Gasteiger partial charge < -0.3 is 20.5 Å². The van der Waals surface area contributed by atoms with Crippen molar-refractivity contribution in [1.82, 2.24) is 4.98 Å². The van der Waals surface area contributed by atoms with E-state index in [2.05, 4.69) is 31.1 Å². The van der Waals surface area contributed by atoms with Gasteiger partial charge in [-0.05, 0) is 48.6 Å². The third kappa shape index (κ3) is 6.66. The first-order valence-corrected chi connectivity index (χ1v) is 11.3. The van der Waals surface area contributed by atoms with Crippen LogP contribution in [0.3, 0.4) is 0 Å². The van der Waals surface area contributed by atoms with E-state index in [1.54, 1.807) is 0 Å². The van der Waals surface area contributed by atoms with Gasteiger partial charge in [0.25, 0.3) is 5.91 Å². The Kier molecular flexibility index (Phi) is 8.07. The van der Waals surface area contributed by atoms with Crippen molar-refractivity contribution in [2.24, 2.45) is 17.1 Å². The highest BCUT2D eigenvalue weighted by Gasteiger charge is 2.30. The van der Waals surface area contributed by atoms with Gasteiger partial charge in [0.05, 0.1) is 13.2 Å². The molecule has 1 aliphatic rings. The van der Waals surface area contributed by atoms with Gasteiger partial charge in [0, 0.05) is 6.04 Å². The zero-order valence-corrected chi connectivity index (χ0v) is 19.2. The Hall–Kier alpha value is -2.67. The number of aromatic nitrogens is 1. The Balaban J connectivity index is 1.58. The summed E-state index contributed by atoms with van der Waals surface area (Å²) in [5, 5.41) is 3.20. The number of pyridine rings is 1. The first-order chi connectivity index (χ1) is 15.2. The lowest BCUT2D eigenvalue weighted by molar-refractivity contribution is 0.0858. The van der Waals surface area contributed by atoms with Crippen LogP contribution in [-0.2, 0) is 11.3 Å². The molecule has 0 aliphatic heterocycles. The molecule has 6 nitrogen and oxygen atoms in total. The molecule has 1 aliphatic carbocycles. The number of nitrogens with two attached hydrogens (primary N) is 1. The van der Waals surface area contributed by atoms with E-state index in [-0.39, 0.29) is 35.3 Å². The standard InChI is InChI=1S/C25H34FN3O3/c1-25(2,3)18-9-11-19(12-10-18)28-23-21(26)15-20(22(27)30)24(29-23)32-14-13-31-16-17-7-5-4-6-8-17/h4-8,15,18-19H,9-14,16H2,1-3H3,(H2,27,30)(H,28,29). The molecule has 174 valence electrons. The van der Waals surface area contributed by atoms with E-state index in [1.165, 1.54) is 0 Å². The maximum atomic E-state index is 14.6. The van der Waals surface area contributed by atoms with Gasteiger partial charge in [-0.2, -0.15) is 4.98 Å². The maximum absolute atomic E-state index is 14.6. The number of nitrogens with zero attached hydrogens (tertiary/aromatic N) is 1. The molecule has 3 N–H and O–H groups in total. The first kappa shape index (κ1) is 24.0. The van der Waals surface area contributed by atoms with E-state index in [1.807, 2.05) is 30.3 Å². The fourth-order valence-corrected chi connectivity index (χ4v) is 4.12. The second-order valence-electron chi connectivity index (χ2n) is 9.48. The summed E-state index contributed by atoms with van der Waals surface area (Å²) >= 11 is 0. The highest BCUT2D eigenvalue weighted by Crippen LogP contribution is 2.38. The lowest BCUT2D eigenvalue weighted by atomic mass is 9.71. The Morgan fingerprint density at radius 2 is 1.84 bits per heavy atom. The first-order valence-electron chi connectivity index (χ1n) is 11.3. The summed E-state index contributed by atoms with van der Waals surface area (Å²) in [4.78, 5) is 16.0. The molecule has 0 radical (unpaired) electrons. The van der Waals surface area contributed by atoms with Gasteiger partial charge >= 0.3 is 0 Å². The Labute approximate surface area is 189 Å². The van der Waals surface area contributed by atoms with E-state index >= 15 is 0 Å². The molecule has 1 aromatic carbocycles. The molecular formula is C25H34FN3O3. The van der Waals surface area contributed by atoms with E-state index in [4.69, 9.17) is 15.2 Å². The predicted octanol–water partition coefficient (Wildman–Crippen LogP) is 4.93. The minimum absolute atomic E-state index is 0.0214. The molecule has 0 unspecified atom stereocenters. The van der Waals surface area contributed by atoms with Crippen LogP contribution in [0.4, 0.5) is 10.2 Å². The molecule has 0 bridgehead atoms.